The molecule has 13 heavy (non-hydrogen) atoms. The Hall–Kier alpha value is -0.230. The molecule has 68 valence electrons. The summed E-state index contributed by atoms with van der Waals surface area (Å²) in [5, 5.41) is 28.8. The van der Waals surface area contributed by atoms with Gasteiger partial charge in [0.1, 0.15) is 6.10 Å². The van der Waals surface area contributed by atoms with Crippen molar-refractivity contribution in [1.29, 1.82) is 0 Å². The van der Waals surface area contributed by atoms with Crippen molar-refractivity contribution in [2.24, 2.45) is 0 Å². The molecule has 0 aromatic carbocycles. The molecule has 6 heteroatoms. The Morgan fingerprint density at radius 2 is 2.23 bits per heavy atom. The average Bonchev–Trinajstić information content (AvgIpc) is 2.32. The smallest absolute Gasteiger partial charge is 0.870 e. The average molecular weight is 196 g/mol. The van der Waals surface area contributed by atoms with Crippen LogP contribution in [0.4, 0.5) is 0 Å². The standard InChI is InChI=1S/C7H10O5.Na/c1-2-3(8)6-4(9)5(10)7(11)12-6;/h3,6,8-10H,2H2,1H3;/q;+1/p-1/t3-,6+;/m0./s1. The Morgan fingerprint density at radius 3 is 2.54 bits per heavy atom. The molecule has 0 aromatic rings. The number of rotatable bonds is 2. The summed E-state index contributed by atoms with van der Waals surface area (Å²) in [5.41, 5.74) is 0. The Morgan fingerprint density at radius 1 is 1.69 bits per heavy atom. The van der Waals surface area contributed by atoms with Crippen LogP contribution >= 0.6 is 0 Å². The van der Waals surface area contributed by atoms with E-state index < -0.39 is 29.7 Å². The van der Waals surface area contributed by atoms with Crippen LogP contribution in [0.2, 0.25) is 0 Å². The van der Waals surface area contributed by atoms with Crippen LogP contribution in [-0.2, 0) is 9.53 Å². The van der Waals surface area contributed by atoms with E-state index in [4.69, 9.17) is 10.2 Å². The van der Waals surface area contributed by atoms with Crippen LogP contribution in [0.1, 0.15) is 13.3 Å². The third-order valence-electron chi connectivity index (χ3n) is 1.69. The van der Waals surface area contributed by atoms with Crippen LogP contribution in [0.25, 0.3) is 0 Å². The van der Waals surface area contributed by atoms with Crippen LogP contribution < -0.4 is 34.7 Å². The molecule has 0 unspecified atom stereocenters. The van der Waals surface area contributed by atoms with Gasteiger partial charge in [-0.25, -0.2) is 4.79 Å². The van der Waals surface area contributed by atoms with Crippen molar-refractivity contribution in [3.63, 3.8) is 0 Å². The molecule has 0 saturated carbocycles. The van der Waals surface area contributed by atoms with Crippen LogP contribution in [-0.4, -0.2) is 28.4 Å². The number of cyclic esters (lactones) is 1. The van der Waals surface area contributed by atoms with E-state index in [1.165, 1.54) is 0 Å². The summed E-state index contributed by atoms with van der Waals surface area (Å²) in [6.07, 6.45) is -1.97. The number of ether oxygens (including phenoxy) is 1. The number of carbonyl (C=O) groups excluding carboxylic acids is 1. The molecule has 0 radical (unpaired) electrons. The van der Waals surface area contributed by atoms with E-state index in [-0.39, 0.29) is 36.0 Å². The molecule has 2 N–H and O–H groups in total. The van der Waals surface area contributed by atoms with Gasteiger partial charge in [-0.1, -0.05) is 6.92 Å². The molecule has 1 aliphatic heterocycles. The molecule has 0 aromatic heterocycles. The van der Waals surface area contributed by atoms with Crippen molar-refractivity contribution in [3.05, 3.63) is 11.5 Å². The van der Waals surface area contributed by atoms with Crippen molar-refractivity contribution in [2.45, 2.75) is 25.6 Å². The van der Waals surface area contributed by atoms with Gasteiger partial charge in [0.15, 0.2) is 5.76 Å². The number of hydrogen-bond acceptors (Lipinski definition) is 5. The molecule has 0 saturated heterocycles. The maximum absolute atomic E-state index is 10.9. The SMILES string of the molecule is CC[C@H](O)[C@H]1OC(=O)C(O)=C1[O-].[Na+]. The molecular weight excluding hydrogens is 187 g/mol. The van der Waals surface area contributed by atoms with Gasteiger partial charge in [-0.2, -0.15) is 0 Å². The zero-order valence-electron chi connectivity index (χ0n) is 7.48. The van der Waals surface area contributed by atoms with Crippen LogP contribution in [0.5, 0.6) is 0 Å². The van der Waals surface area contributed by atoms with E-state index in [1.807, 2.05) is 0 Å². The Kier molecular flexibility index (Phi) is 4.77. The minimum atomic E-state index is -1.22. The fraction of sp³-hybridized carbons (Fsp3) is 0.571. The van der Waals surface area contributed by atoms with Gasteiger partial charge < -0.3 is 20.1 Å². The van der Waals surface area contributed by atoms with Gasteiger partial charge in [-0.05, 0) is 12.2 Å². The Labute approximate surface area is 97.3 Å². The van der Waals surface area contributed by atoms with Gasteiger partial charge >= 0.3 is 35.5 Å². The number of esters is 1. The third-order valence-corrected chi connectivity index (χ3v) is 1.69. The maximum Gasteiger partial charge on any atom is 1.00 e. The summed E-state index contributed by atoms with van der Waals surface area (Å²) in [4.78, 5) is 10.6. The number of carbonyl (C=O) groups is 1. The first kappa shape index (κ1) is 12.8. The molecule has 0 fully saturated rings. The first-order valence-corrected chi connectivity index (χ1v) is 3.57. The first-order valence-electron chi connectivity index (χ1n) is 3.57. The van der Waals surface area contributed by atoms with Crippen molar-refractivity contribution >= 4 is 5.97 Å². The van der Waals surface area contributed by atoms with Crippen molar-refractivity contribution in [1.82, 2.24) is 0 Å². The third kappa shape index (κ3) is 2.37. The summed E-state index contributed by atoms with van der Waals surface area (Å²) in [6, 6.07) is 0. The molecule has 0 bridgehead atoms. The second-order valence-electron chi connectivity index (χ2n) is 2.51. The fourth-order valence-electron chi connectivity index (χ4n) is 0.927. The molecular formula is C7H9NaO5. The molecule has 5 nitrogen and oxygen atoms in total. The molecule has 0 amide bonds. The van der Waals surface area contributed by atoms with Crippen LogP contribution in [0.15, 0.2) is 11.5 Å². The van der Waals surface area contributed by atoms with Crippen molar-refractivity contribution in [3.8, 4) is 0 Å². The van der Waals surface area contributed by atoms with Crippen LogP contribution in [0.3, 0.4) is 0 Å². The summed E-state index contributed by atoms with van der Waals surface area (Å²) >= 11 is 0. The van der Waals surface area contributed by atoms with Crippen molar-refractivity contribution in [2.75, 3.05) is 0 Å². The summed E-state index contributed by atoms with van der Waals surface area (Å²) in [6.45, 7) is 1.64. The van der Waals surface area contributed by atoms with Gasteiger partial charge in [-0.15, -0.1) is 0 Å². The van der Waals surface area contributed by atoms with Crippen LogP contribution in [0, 0.1) is 0 Å². The van der Waals surface area contributed by atoms with Gasteiger partial charge in [-0.3, -0.25) is 0 Å². The van der Waals surface area contributed by atoms with E-state index in [1.54, 1.807) is 6.92 Å². The molecule has 0 spiro atoms. The Balaban J connectivity index is 0.00000144. The first-order chi connectivity index (χ1) is 5.57. The summed E-state index contributed by atoms with van der Waals surface area (Å²) in [7, 11) is 0. The molecule has 1 heterocycles. The molecule has 0 aliphatic carbocycles. The molecule has 1 rings (SSSR count). The van der Waals surface area contributed by atoms with Crippen molar-refractivity contribution < 1.29 is 54.4 Å². The molecule has 1 aliphatic rings. The zero-order chi connectivity index (χ0) is 9.30. The van der Waals surface area contributed by atoms with E-state index >= 15 is 0 Å². The number of aliphatic hydroxyl groups excluding tert-OH is 2. The Bertz CT molecular complexity index is 237. The summed E-state index contributed by atoms with van der Waals surface area (Å²) in [5.74, 6) is -2.82. The van der Waals surface area contributed by atoms with Gasteiger partial charge in [0, 0.05) is 0 Å². The van der Waals surface area contributed by atoms with E-state index in [2.05, 4.69) is 4.74 Å². The predicted octanol–water partition coefficient (Wildman–Crippen LogP) is -4.18. The maximum atomic E-state index is 10.9. The molecule has 2 atom stereocenters. The van der Waals surface area contributed by atoms with Gasteiger partial charge in [0.2, 0.25) is 0 Å². The quantitative estimate of drug-likeness (QED) is 0.345. The summed E-state index contributed by atoms with van der Waals surface area (Å²) < 4.78 is 4.41. The normalized spacial score (nSPS) is 23.8. The van der Waals surface area contributed by atoms with Gasteiger partial charge in [0.25, 0.3) is 0 Å². The van der Waals surface area contributed by atoms with E-state index in [0.717, 1.165) is 0 Å². The largest absolute Gasteiger partial charge is 1.00 e. The minimum Gasteiger partial charge on any atom is -0.870 e. The minimum absolute atomic E-state index is 0. The monoisotopic (exact) mass is 196 g/mol. The predicted molar refractivity (Wildman–Crippen MR) is 35.8 cm³/mol. The fourth-order valence-corrected chi connectivity index (χ4v) is 0.927. The van der Waals surface area contributed by atoms with E-state index in [9.17, 15) is 9.90 Å². The zero-order valence-corrected chi connectivity index (χ0v) is 9.48. The second kappa shape index (κ2) is 4.85. The topological polar surface area (TPSA) is 89.8 Å². The second-order valence-corrected chi connectivity index (χ2v) is 2.51. The number of aliphatic hydroxyl groups is 2. The van der Waals surface area contributed by atoms with Gasteiger partial charge in [0.05, 0.1) is 6.10 Å². The number of hydrogen-bond donors (Lipinski definition) is 2. The van der Waals surface area contributed by atoms with E-state index in [0.29, 0.717) is 0 Å².